The summed E-state index contributed by atoms with van der Waals surface area (Å²) in [6.45, 7) is 0.589. The minimum absolute atomic E-state index is 0.0646. The molecule has 202 valence electrons. The Bertz CT molecular complexity index is 1230. The third-order valence-electron chi connectivity index (χ3n) is 10.8. The highest BCUT2D eigenvalue weighted by atomic mass is 16.5. The third kappa shape index (κ3) is 4.04. The van der Waals surface area contributed by atoms with Gasteiger partial charge in [0.2, 0.25) is 5.88 Å². The van der Waals surface area contributed by atoms with E-state index in [4.69, 9.17) is 9.84 Å². The molecule has 5 saturated carbocycles. The second-order valence-corrected chi connectivity index (χ2v) is 12.9. The fraction of sp³-hybridized carbons (Fsp3) is 0.645. The third-order valence-corrected chi connectivity index (χ3v) is 10.8. The molecule has 7 heteroatoms. The van der Waals surface area contributed by atoms with Crippen molar-refractivity contribution >= 4 is 11.9 Å². The average molecular weight is 518 g/mol. The molecule has 6 unspecified atom stereocenters. The van der Waals surface area contributed by atoms with Crippen LogP contribution in [0.5, 0.6) is 5.88 Å². The summed E-state index contributed by atoms with van der Waals surface area (Å²) in [5.74, 6) is 3.16. The Balaban J connectivity index is 1.14. The molecule has 0 aliphatic heterocycles. The number of nitrogens with zero attached hydrogens (tertiary/aromatic N) is 2. The van der Waals surface area contributed by atoms with E-state index >= 15 is 0 Å². The highest BCUT2D eigenvalue weighted by Gasteiger charge is 2.70. The van der Waals surface area contributed by atoms with Crippen LogP contribution in [0.25, 0.3) is 5.69 Å². The summed E-state index contributed by atoms with van der Waals surface area (Å²) in [4.78, 5) is 24.9. The van der Waals surface area contributed by atoms with Crippen molar-refractivity contribution in [1.82, 2.24) is 15.1 Å². The van der Waals surface area contributed by atoms with E-state index in [-0.39, 0.29) is 18.4 Å². The van der Waals surface area contributed by atoms with Crippen LogP contribution in [0.2, 0.25) is 0 Å². The van der Waals surface area contributed by atoms with Crippen LogP contribution in [0, 0.1) is 35.0 Å². The van der Waals surface area contributed by atoms with Gasteiger partial charge in [-0.25, -0.2) is 4.68 Å². The lowest BCUT2D eigenvalue weighted by molar-refractivity contribution is -0.136. The summed E-state index contributed by atoms with van der Waals surface area (Å²) >= 11 is 0. The number of rotatable bonds is 9. The number of carbonyl (C=O) groups excluding carboxylic acids is 1. The van der Waals surface area contributed by atoms with Crippen LogP contribution in [0.3, 0.4) is 0 Å². The summed E-state index contributed by atoms with van der Waals surface area (Å²) in [5.41, 5.74) is 2.75. The molecule has 7 rings (SSSR count). The average Bonchev–Trinajstić information content (AvgIpc) is 3.48. The molecule has 1 heterocycles. The van der Waals surface area contributed by atoms with Crippen LogP contribution in [0.15, 0.2) is 30.5 Å². The van der Waals surface area contributed by atoms with Gasteiger partial charge in [-0.05, 0) is 104 Å². The second kappa shape index (κ2) is 9.42. The number of carbonyl (C=O) groups is 2. The fourth-order valence-electron chi connectivity index (χ4n) is 9.19. The van der Waals surface area contributed by atoms with Crippen molar-refractivity contribution < 1.29 is 19.4 Å². The van der Waals surface area contributed by atoms with E-state index in [1.807, 2.05) is 24.3 Å². The lowest BCUT2D eigenvalue weighted by atomic mass is 9.55. The first-order valence-corrected chi connectivity index (χ1v) is 14.8. The minimum Gasteiger partial charge on any atom is -0.481 e. The van der Waals surface area contributed by atoms with Crippen LogP contribution in [0.1, 0.15) is 86.6 Å². The van der Waals surface area contributed by atoms with Gasteiger partial charge in [0.05, 0.1) is 18.5 Å². The zero-order chi connectivity index (χ0) is 25.9. The van der Waals surface area contributed by atoms with E-state index < -0.39 is 5.97 Å². The van der Waals surface area contributed by atoms with E-state index in [2.05, 4.69) is 10.4 Å². The molecule has 2 aromatic rings. The lowest BCUT2D eigenvalue weighted by Gasteiger charge is -2.50. The van der Waals surface area contributed by atoms with E-state index in [0.29, 0.717) is 47.6 Å². The van der Waals surface area contributed by atoms with Gasteiger partial charge in [-0.2, -0.15) is 5.10 Å². The van der Waals surface area contributed by atoms with Crippen molar-refractivity contribution in [2.45, 2.75) is 83.1 Å². The summed E-state index contributed by atoms with van der Waals surface area (Å²) in [7, 11) is 0. The van der Waals surface area contributed by atoms with Gasteiger partial charge in [-0.3, -0.25) is 9.59 Å². The maximum absolute atomic E-state index is 13.8. The number of nitrogens with one attached hydrogen (secondary N) is 1. The van der Waals surface area contributed by atoms with E-state index in [1.165, 1.54) is 51.4 Å². The van der Waals surface area contributed by atoms with Crippen molar-refractivity contribution in [3.8, 4) is 11.6 Å². The van der Waals surface area contributed by atoms with E-state index in [1.54, 1.807) is 10.9 Å². The molecule has 5 aliphatic carbocycles. The molecule has 7 nitrogen and oxygen atoms in total. The number of amides is 1. The van der Waals surface area contributed by atoms with Crippen molar-refractivity contribution in [1.29, 1.82) is 0 Å². The number of ether oxygens (including phenoxy) is 1. The second-order valence-electron chi connectivity index (χ2n) is 12.9. The van der Waals surface area contributed by atoms with E-state index in [0.717, 1.165) is 35.9 Å². The number of carboxylic acids is 1. The normalized spacial score (nSPS) is 33.1. The number of benzene rings is 1. The van der Waals surface area contributed by atoms with Gasteiger partial charge in [-0.1, -0.05) is 31.4 Å². The van der Waals surface area contributed by atoms with Crippen LogP contribution >= 0.6 is 0 Å². The Hall–Kier alpha value is -2.83. The molecule has 5 aliphatic rings. The molecule has 0 saturated heterocycles. The van der Waals surface area contributed by atoms with E-state index in [9.17, 15) is 9.59 Å². The molecule has 1 spiro atoms. The van der Waals surface area contributed by atoms with Crippen molar-refractivity contribution in [2.24, 2.45) is 35.0 Å². The van der Waals surface area contributed by atoms with Crippen LogP contribution in [-0.2, 0) is 11.2 Å². The lowest BCUT2D eigenvalue weighted by Crippen LogP contribution is -2.51. The molecule has 6 atom stereocenters. The van der Waals surface area contributed by atoms with Crippen LogP contribution in [0.4, 0.5) is 0 Å². The summed E-state index contributed by atoms with van der Waals surface area (Å²) in [5, 5.41) is 17.2. The Morgan fingerprint density at radius 2 is 2.00 bits per heavy atom. The largest absolute Gasteiger partial charge is 0.481 e. The summed E-state index contributed by atoms with van der Waals surface area (Å²) in [6.07, 6.45) is 14.9. The number of aryl methyl sites for hydroxylation is 1. The molecule has 2 N–H and O–H groups in total. The van der Waals surface area contributed by atoms with Gasteiger partial charge in [0, 0.05) is 12.5 Å². The van der Waals surface area contributed by atoms with Crippen molar-refractivity contribution in [3.05, 3.63) is 41.6 Å². The Morgan fingerprint density at radius 3 is 2.84 bits per heavy atom. The monoisotopic (exact) mass is 517 g/mol. The van der Waals surface area contributed by atoms with Gasteiger partial charge in [0.1, 0.15) is 5.56 Å². The number of hydrogen-bond donors (Lipinski definition) is 2. The van der Waals surface area contributed by atoms with Crippen LogP contribution < -0.4 is 10.1 Å². The summed E-state index contributed by atoms with van der Waals surface area (Å²) in [6, 6.07) is 8.02. The molecule has 1 aromatic carbocycles. The fourth-order valence-corrected chi connectivity index (χ4v) is 9.19. The zero-order valence-electron chi connectivity index (χ0n) is 22.1. The number of aromatic nitrogens is 2. The molecule has 38 heavy (non-hydrogen) atoms. The van der Waals surface area contributed by atoms with Gasteiger partial charge in [0.15, 0.2) is 0 Å². The van der Waals surface area contributed by atoms with Gasteiger partial charge >= 0.3 is 5.97 Å². The van der Waals surface area contributed by atoms with Crippen molar-refractivity contribution in [3.63, 3.8) is 0 Å². The first kappa shape index (κ1) is 24.2. The predicted octanol–water partition coefficient (Wildman–Crippen LogP) is 5.40. The maximum Gasteiger partial charge on any atom is 0.303 e. The Morgan fingerprint density at radius 1 is 1.13 bits per heavy atom. The number of carboxylic acid groups (broad SMARTS) is 1. The standard InChI is InChI=1S/C31H39N3O4/c35-27(36)10-9-19-7-4-8-24(13-19)34-30(38-18-20-5-2-1-3-6-20)25(17-32-34)29(37)33-28-22-11-21-12-23-14-26(28)31(23,15-21)16-22/h4,7-8,13,17,20-23,26,28H,1-3,5-6,9-12,14-16,18H2,(H,33,37)(H,35,36). The highest BCUT2D eigenvalue weighted by Crippen LogP contribution is 2.75. The number of fused-ring (bicyclic) bond motifs is 2. The molecule has 1 aromatic heterocycles. The zero-order valence-corrected chi connectivity index (χ0v) is 22.1. The first-order valence-electron chi connectivity index (χ1n) is 14.8. The molecule has 3 bridgehead atoms. The van der Waals surface area contributed by atoms with Crippen molar-refractivity contribution in [2.75, 3.05) is 6.61 Å². The SMILES string of the molecule is O=C(O)CCc1cccc(-n2ncc(C(=O)NC3C4CC5CC6CC3C6(C5)C4)c2OCC2CCCCC2)c1. The smallest absolute Gasteiger partial charge is 0.303 e. The molecule has 5 fully saturated rings. The first-order chi connectivity index (χ1) is 18.5. The van der Waals surface area contributed by atoms with Crippen LogP contribution in [-0.4, -0.2) is 39.4 Å². The number of hydrogen-bond acceptors (Lipinski definition) is 4. The minimum atomic E-state index is -0.813. The summed E-state index contributed by atoms with van der Waals surface area (Å²) < 4.78 is 8.17. The Kier molecular flexibility index (Phi) is 6.01. The van der Waals surface area contributed by atoms with Gasteiger partial charge in [0.25, 0.3) is 5.91 Å². The number of aliphatic carboxylic acids is 1. The molecule has 0 radical (unpaired) electrons. The maximum atomic E-state index is 13.8. The highest BCUT2D eigenvalue weighted by molar-refractivity contribution is 5.96. The quantitative estimate of drug-likeness (QED) is 0.464. The Labute approximate surface area is 224 Å². The topological polar surface area (TPSA) is 93.5 Å². The molecular weight excluding hydrogens is 478 g/mol. The molecule has 1 amide bonds. The molecular formula is C31H39N3O4. The predicted molar refractivity (Wildman–Crippen MR) is 142 cm³/mol. The van der Waals surface area contributed by atoms with Gasteiger partial charge < -0.3 is 15.2 Å². The van der Waals surface area contributed by atoms with Gasteiger partial charge in [-0.15, -0.1) is 0 Å².